The maximum Gasteiger partial charge on any atom is 0.206 e. The largest absolute Gasteiger partial charge is 0.595 e. The third kappa shape index (κ3) is 2.47. The summed E-state index contributed by atoms with van der Waals surface area (Å²) in [4.78, 5) is 0. The zero-order valence-electron chi connectivity index (χ0n) is 14.1. The van der Waals surface area contributed by atoms with Gasteiger partial charge in [-0.3, -0.25) is 0 Å². The molecule has 0 bridgehead atoms. The van der Waals surface area contributed by atoms with Gasteiger partial charge in [0, 0.05) is 24.9 Å². The van der Waals surface area contributed by atoms with E-state index in [1.807, 2.05) is 38.4 Å². The molecule has 4 rings (SSSR count). The van der Waals surface area contributed by atoms with Crippen molar-refractivity contribution in [3.8, 4) is 16.9 Å². The molecule has 2 heterocycles. The summed E-state index contributed by atoms with van der Waals surface area (Å²) in [6, 6.07) is 15.6. The number of imidazole rings is 1. The zero-order valence-corrected chi connectivity index (χ0v) is 14.1. The summed E-state index contributed by atoms with van der Waals surface area (Å²) >= 11 is 0. The van der Waals surface area contributed by atoms with Gasteiger partial charge in [-0.2, -0.15) is 5.23 Å². The van der Waals surface area contributed by atoms with Gasteiger partial charge < -0.3 is 18.9 Å². The molecule has 2 N–H and O–H groups in total. The molecule has 0 radical (unpaired) electrons. The molecule has 128 valence electrons. The fourth-order valence-electron chi connectivity index (χ4n) is 3.29. The average Bonchev–Trinajstić information content (AvgIpc) is 3.16. The fraction of sp³-hybridized carbons (Fsp3) is 0.158. The molecule has 0 fully saturated rings. The van der Waals surface area contributed by atoms with E-state index in [0.717, 1.165) is 27.8 Å². The van der Waals surface area contributed by atoms with E-state index in [-0.39, 0.29) is 5.69 Å². The topological polar surface area (TPSA) is 66.3 Å². The molecule has 0 saturated carbocycles. The van der Waals surface area contributed by atoms with Gasteiger partial charge in [-0.25, -0.2) is 5.21 Å². The van der Waals surface area contributed by atoms with Crippen LogP contribution in [-0.4, -0.2) is 20.8 Å². The Hall–Kier alpha value is -2.80. The first-order valence-corrected chi connectivity index (χ1v) is 8.16. The van der Waals surface area contributed by atoms with E-state index < -0.39 is 5.23 Å². The highest BCUT2D eigenvalue weighted by molar-refractivity contribution is 5.85. The highest BCUT2D eigenvalue weighted by Crippen LogP contribution is 2.31. The van der Waals surface area contributed by atoms with Crippen molar-refractivity contribution >= 4 is 22.4 Å². The van der Waals surface area contributed by atoms with Gasteiger partial charge in [-0.15, -0.1) is 0 Å². The average molecular weight is 337 g/mol. The molecule has 0 saturated heterocycles. The maximum absolute atomic E-state index is 11.5. The van der Waals surface area contributed by atoms with E-state index in [2.05, 4.69) is 27.2 Å². The molecule has 0 aliphatic heterocycles. The van der Waals surface area contributed by atoms with Crippen molar-refractivity contribution in [2.24, 2.45) is 7.05 Å². The van der Waals surface area contributed by atoms with Crippen LogP contribution < -0.4 is 9.96 Å². The molecule has 2 aromatic heterocycles. The summed E-state index contributed by atoms with van der Waals surface area (Å²) in [5.41, 5.74) is 5.34. The normalized spacial score (nSPS) is 12.8. The Bertz CT molecular complexity index is 1060. The smallest absolute Gasteiger partial charge is 0.206 e. The van der Waals surface area contributed by atoms with E-state index in [1.165, 1.54) is 0 Å². The van der Waals surface area contributed by atoms with E-state index in [4.69, 9.17) is 4.74 Å². The van der Waals surface area contributed by atoms with E-state index >= 15 is 0 Å². The number of benzene rings is 2. The number of rotatable bonds is 4. The number of hydrogen-bond acceptors (Lipinski definition) is 3. The number of para-hydroxylation sites is 2. The first kappa shape index (κ1) is 15.7. The molecule has 2 aromatic carbocycles. The van der Waals surface area contributed by atoms with E-state index in [1.54, 1.807) is 12.1 Å². The van der Waals surface area contributed by atoms with Crippen LogP contribution >= 0.6 is 0 Å². The molecular weight excluding hydrogens is 318 g/mol. The molecule has 0 spiro atoms. The van der Waals surface area contributed by atoms with Gasteiger partial charge in [0.05, 0.1) is 17.6 Å². The first-order valence-electron chi connectivity index (χ1n) is 8.16. The number of ether oxygens (including phenoxy) is 1. The van der Waals surface area contributed by atoms with Crippen molar-refractivity contribution in [3.05, 3.63) is 59.9 Å². The lowest BCUT2D eigenvalue weighted by atomic mass is 10.1. The zero-order chi connectivity index (χ0) is 17.6. The van der Waals surface area contributed by atoms with Crippen molar-refractivity contribution in [1.82, 2.24) is 8.97 Å². The summed E-state index contributed by atoms with van der Waals surface area (Å²) in [7, 11) is 2.03. The number of hydrogen-bond donors (Lipinski definition) is 2. The number of fused-ring (bicyclic) bond motifs is 3. The summed E-state index contributed by atoms with van der Waals surface area (Å²) in [5, 5.41) is 20.0. The van der Waals surface area contributed by atoms with Crippen LogP contribution in [0.4, 0.5) is 5.69 Å². The van der Waals surface area contributed by atoms with Crippen LogP contribution in [-0.2, 0) is 7.05 Å². The Morgan fingerprint density at radius 1 is 1.08 bits per heavy atom. The quantitative estimate of drug-likeness (QED) is 0.563. The van der Waals surface area contributed by atoms with Crippen LogP contribution in [0.1, 0.15) is 6.92 Å². The molecule has 1 unspecified atom stereocenters. The van der Waals surface area contributed by atoms with Crippen LogP contribution in [0.15, 0.2) is 54.7 Å². The third-order valence-electron chi connectivity index (χ3n) is 4.49. The minimum atomic E-state index is -0.987. The van der Waals surface area contributed by atoms with Crippen molar-refractivity contribution in [1.29, 1.82) is 0 Å². The maximum atomic E-state index is 11.5. The van der Waals surface area contributed by atoms with Crippen molar-refractivity contribution < 1.29 is 15.2 Å². The minimum absolute atomic E-state index is 0.180. The molecule has 1 atom stereocenters. The summed E-state index contributed by atoms with van der Waals surface area (Å²) in [5.74, 6) is 0.396. The molecule has 0 amide bonds. The third-order valence-corrected chi connectivity index (χ3v) is 4.49. The Labute approximate surface area is 144 Å². The van der Waals surface area contributed by atoms with Gasteiger partial charge in [0.2, 0.25) is 5.69 Å². The van der Waals surface area contributed by atoms with Crippen LogP contribution in [0, 0.1) is 5.21 Å². The number of aromatic nitrogens is 2. The second-order valence-corrected chi connectivity index (χ2v) is 5.95. The standard InChI is InChI=1S/C19H19N3O3/c1-3-25-18-9-8-13(10-17(18)22(23)24)14-11-19-20(2)15-6-4-5-7-16(15)21(19)12-14/h4-12,22-23H,3H2,1-2H3. The first-order chi connectivity index (χ1) is 12.1. The molecule has 6 heteroatoms. The fourth-order valence-corrected chi connectivity index (χ4v) is 3.29. The lowest BCUT2D eigenvalue weighted by Crippen LogP contribution is -2.99. The van der Waals surface area contributed by atoms with Crippen molar-refractivity contribution in [3.63, 3.8) is 0 Å². The van der Waals surface area contributed by atoms with Crippen LogP contribution in [0.3, 0.4) is 0 Å². The minimum Gasteiger partial charge on any atom is -0.595 e. The Morgan fingerprint density at radius 3 is 2.56 bits per heavy atom. The number of aryl methyl sites for hydroxylation is 1. The second-order valence-electron chi connectivity index (χ2n) is 5.95. The van der Waals surface area contributed by atoms with Crippen LogP contribution in [0.25, 0.3) is 27.8 Å². The predicted octanol–water partition coefficient (Wildman–Crippen LogP) is 2.90. The predicted molar refractivity (Wildman–Crippen MR) is 96.3 cm³/mol. The number of nitrogens with one attached hydrogen (secondary N) is 1. The lowest BCUT2D eigenvalue weighted by molar-refractivity contribution is -0.991. The van der Waals surface area contributed by atoms with Crippen molar-refractivity contribution in [2.75, 3.05) is 6.61 Å². The van der Waals surface area contributed by atoms with Crippen molar-refractivity contribution in [2.45, 2.75) is 6.92 Å². The van der Waals surface area contributed by atoms with Gasteiger partial charge in [0.25, 0.3) is 0 Å². The molecule has 0 aliphatic carbocycles. The molecule has 6 nitrogen and oxygen atoms in total. The van der Waals surface area contributed by atoms with E-state index in [9.17, 15) is 10.4 Å². The van der Waals surface area contributed by atoms with Gasteiger partial charge in [-0.1, -0.05) is 18.2 Å². The Balaban J connectivity index is 1.87. The summed E-state index contributed by atoms with van der Waals surface area (Å²) in [6.07, 6.45) is 2.04. The molecule has 0 aliphatic rings. The van der Waals surface area contributed by atoms with Crippen LogP contribution in [0.5, 0.6) is 5.75 Å². The highest BCUT2D eigenvalue weighted by atomic mass is 16.8. The molecule has 25 heavy (non-hydrogen) atoms. The van der Waals surface area contributed by atoms with Gasteiger partial charge in [-0.05, 0) is 36.8 Å². The SMILES string of the molecule is CCOc1ccc(-c2cc3n(C)c4ccccc4n3c2)cc1[NH+]([O-])O. The monoisotopic (exact) mass is 337 g/mol. The van der Waals surface area contributed by atoms with Gasteiger partial charge >= 0.3 is 0 Å². The number of quaternary nitrogens is 1. The Morgan fingerprint density at radius 2 is 1.84 bits per heavy atom. The van der Waals surface area contributed by atoms with Gasteiger partial charge in [0.1, 0.15) is 5.65 Å². The van der Waals surface area contributed by atoms with Crippen LogP contribution in [0.2, 0.25) is 0 Å². The molecule has 4 aromatic rings. The van der Waals surface area contributed by atoms with E-state index in [0.29, 0.717) is 12.4 Å². The summed E-state index contributed by atoms with van der Waals surface area (Å²) < 4.78 is 9.68. The summed E-state index contributed by atoms with van der Waals surface area (Å²) in [6.45, 7) is 2.27. The van der Waals surface area contributed by atoms with Gasteiger partial charge in [0.15, 0.2) is 5.75 Å². The second kappa shape index (κ2) is 5.93. The molecular formula is C19H19N3O3. The number of nitrogens with zero attached hydrogens (tertiary/aromatic N) is 2. The highest BCUT2D eigenvalue weighted by Gasteiger charge is 2.15. The lowest BCUT2D eigenvalue weighted by Gasteiger charge is -2.16. The Kier molecular flexibility index (Phi) is 3.73.